The van der Waals surface area contributed by atoms with Crippen molar-refractivity contribution in [3.8, 4) is 23.6 Å². The number of allylic oxidation sites excluding steroid dienone is 4. The smallest absolute Gasteiger partial charge is 0.161 e. The average molecular weight is 398 g/mol. The Labute approximate surface area is 175 Å². The summed E-state index contributed by atoms with van der Waals surface area (Å²) in [6.07, 6.45) is 4.11. The van der Waals surface area contributed by atoms with Crippen LogP contribution in [0.5, 0.6) is 11.5 Å². The van der Waals surface area contributed by atoms with Crippen molar-refractivity contribution < 1.29 is 9.84 Å². The Morgan fingerprint density at radius 1 is 1.27 bits per heavy atom. The number of nitrogen functional groups attached to an aromatic ring is 1. The van der Waals surface area contributed by atoms with Crippen molar-refractivity contribution in [2.24, 2.45) is 0 Å². The topological polar surface area (TPSA) is 116 Å². The van der Waals surface area contributed by atoms with Crippen LogP contribution in [-0.2, 0) is 6.42 Å². The van der Waals surface area contributed by atoms with Gasteiger partial charge in [-0.2, -0.15) is 10.5 Å². The highest BCUT2D eigenvalue weighted by molar-refractivity contribution is 6.08. The fraction of sp³-hybridized carbons (Fsp3) is 0.208. The van der Waals surface area contributed by atoms with Gasteiger partial charge in [-0.15, -0.1) is 6.58 Å². The number of benzene rings is 1. The van der Waals surface area contributed by atoms with Crippen molar-refractivity contribution in [2.45, 2.75) is 27.2 Å². The van der Waals surface area contributed by atoms with Gasteiger partial charge in [-0.3, -0.25) is 0 Å². The highest BCUT2D eigenvalue weighted by atomic mass is 16.5. The number of nitrogens with two attached hydrogens (primary N) is 1. The van der Waals surface area contributed by atoms with E-state index < -0.39 is 0 Å². The maximum absolute atomic E-state index is 10.5. The quantitative estimate of drug-likeness (QED) is 0.715. The number of nitrogens with zero attached hydrogens (tertiary/aromatic N) is 3. The summed E-state index contributed by atoms with van der Waals surface area (Å²) in [4.78, 5) is 4.34. The molecule has 1 aromatic carbocycles. The van der Waals surface area contributed by atoms with Gasteiger partial charge in [0, 0.05) is 11.1 Å². The van der Waals surface area contributed by atoms with Crippen LogP contribution in [0.15, 0.2) is 30.4 Å². The molecular weight excluding hydrogens is 376 g/mol. The molecule has 0 radical (unpaired) electrons. The van der Waals surface area contributed by atoms with E-state index in [4.69, 9.17) is 10.5 Å². The zero-order chi connectivity index (χ0) is 22.0. The van der Waals surface area contributed by atoms with E-state index in [0.29, 0.717) is 46.7 Å². The largest absolute Gasteiger partial charge is 0.504 e. The van der Waals surface area contributed by atoms with Crippen LogP contribution in [0.1, 0.15) is 47.4 Å². The fourth-order valence-corrected chi connectivity index (χ4v) is 3.71. The van der Waals surface area contributed by atoms with Gasteiger partial charge in [0.1, 0.15) is 18.0 Å². The molecule has 0 spiro atoms. The van der Waals surface area contributed by atoms with E-state index in [1.54, 1.807) is 12.1 Å². The van der Waals surface area contributed by atoms with Gasteiger partial charge in [-0.1, -0.05) is 6.08 Å². The number of anilines is 1. The van der Waals surface area contributed by atoms with Crippen molar-refractivity contribution in [1.29, 1.82) is 10.5 Å². The van der Waals surface area contributed by atoms with Crippen LogP contribution < -0.4 is 10.5 Å². The van der Waals surface area contributed by atoms with Crippen molar-refractivity contribution in [1.82, 2.24) is 4.98 Å². The van der Waals surface area contributed by atoms with E-state index in [1.165, 1.54) is 0 Å². The number of fused-ring (bicyclic) bond motifs is 1. The fourth-order valence-electron chi connectivity index (χ4n) is 3.71. The lowest BCUT2D eigenvalue weighted by atomic mass is 9.95. The SMILES string of the molecule is C=CCc1cc(C=C2C(C)=C(C#N)c3nc(N)c(C#N)c(C)c32)cc(OCC)c1O. The van der Waals surface area contributed by atoms with Crippen LogP contribution in [0, 0.1) is 29.6 Å². The van der Waals surface area contributed by atoms with Crippen molar-refractivity contribution in [2.75, 3.05) is 12.3 Å². The van der Waals surface area contributed by atoms with Gasteiger partial charge >= 0.3 is 0 Å². The zero-order valence-corrected chi connectivity index (χ0v) is 17.2. The molecule has 0 fully saturated rings. The van der Waals surface area contributed by atoms with Gasteiger partial charge in [0.15, 0.2) is 11.5 Å². The van der Waals surface area contributed by atoms with Crippen LogP contribution in [0.2, 0.25) is 0 Å². The molecule has 0 unspecified atom stereocenters. The normalized spacial score (nSPS) is 13.7. The lowest BCUT2D eigenvalue weighted by molar-refractivity contribution is 0.317. The van der Waals surface area contributed by atoms with E-state index in [0.717, 1.165) is 22.3 Å². The van der Waals surface area contributed by atoms with Gasteiger partial charge in [-0.25, -0.2) is 4.98 Å². The van der Waals surface area contributed by atoms with Crippen LogP contribution in [-0.4, -0.2) is 16.7 Å². The summed E-state index contributed by atoms with van der Waals surface area (Å²) in [5, 5.41) is 29.7. The summed E-state index contributed by atoms with van der Waals surface area (Å²) < 4.78 is 5.59. The first-order valence-corrected chi connectivity index (χ1v) is 9.51. The third-order valence-corrected chi connectivity index (χ3v) is 5.14. The maximum Gasteiger partial charge on any atom is 0.161 e. The van der Waals surface area contributed by atoms with E-state index >= 15 is 0 Å². The number of nitriles is 2. The predicted octanol–water partition coefficient (Wildman–Crippen LogP) is 4.53. The first-order chi connectivity index (χ1) is 14.4. The molecule has 0 amide bonds. The molecule has 6 nitrogen and oxygen atoms in total. The standard InChI is InChI=1S/C24H22N4O2/c1-5-7-16-8-15(10-20(23(16)29)30-6-2)9-17-13(3)18(11-25)22-21(17)14(4)19(12-26)24(27)28-22/h5,8-10,29H,1,6-7H2,2-4H3,(H2,27,28). The molecule has 6 heteroatoms. The Morgan fingerprint density at radius 3 is 2.60 bits per heavy atom. The number of hydrogen-bond acceptors (Lipinski definition) is 6. The van der Waals surface area contributed by atoms with Crippen LogP contribution >= 0.6 is 0 Å². The molecule has 2 aromatic rings. The molecule has 0 aliphatic heterocycles. The summed E-state index contributed by atoms with van der Waals surface area (Å²) in [5.41, 5.74) is 11.6. The van der Waals surface area contributed by atoms with Gasteiger partial charge in [0.2, 0.25) is 0 Å². The molecule has 3 rings (SSSR count). The van der Waals surface area contributed by atoms with Crippen molar-refractivity contribution in [3.63, 3.8) is 0 Å². The van der Waals surface area contributed by atoms with E-state index in [2.05, 4.69) is 23.7 Å². The predicted molar refractivity (Wildman–Crippen MR) is 117 cm³/mol. The van der Waals surface area contributed by atoms with Gasteiger partial charge in [0.25, 0.3) is 0 Å². The Hall–Kier alpha value is -4.03. The highest BCUT2D eigenvalue weighted by Gasteiger charge is 2.29. The molecule has 30 heavy (non-hydrogen) atoms. The number of aromatic hydroxyl groups is 1. The van der Waals surface area contributed by atoms with Gasteiger partial charge in [0.05, 0.1) is 23.4 Å². The van der Waals surface area contributed by atoms with Crippen molar-refractivity contribution >= 4 is 23.0 Å². The molecule has 0 saturated carbocycles. The monoisotopic (exact) mass is 398 g/mol. The number of aromatic nitrogens is 1. The minimum absolute atomic E-state index is 0.0908. The number of phenolic OH excluding ortho intramolecular Hbond substituents is 1. The maximum atomic E-state index is 10.5. The van der Waals surface area contributed by atoms with E-state index in [9.17, 15) is 15.6 Å². The number of rotatable bonds is 5. The number of pyridine rings is 1. The summed E-state index contributed by atoms with van der Waals surface area (Å²) in [5.74, 6) is 0.592. The minimum atomic E-state index is 0.0908. The summed E-state index contributed by atoms with van der Waals surface area (Å²) in [6.45, 7) is 9.66. The molecule has 3 N–H and O–H groups in total. The second kappa shape index (κ2) is 8.14. The van der Waals surface area contributed by atoms with Gasteiger partial charge in [-0.05, 0) is 67.7 Å². The second-order valence-corrected chi connectivity index (χ2v) is 6.95. The Kier molecular flexibility index (Phi) is 5.62. The van der Waals surface area contributed by atoms with E-state index in [-0.39, 0.29) is 11.6 Å². The number of hydrogen-bond donors (Lipinski definition) is 2. The summed E-state index contributed by atoms with van der Waals surface area (Å²) >= 11 is 0. The molecule has 150 valence electrons. The highest BCUT2D eigenvalue weighted by Crippen LogP contribution is 2.44. The number of ether oxygens (including phenoxy) is 1. The third-order valence-electron chi connectivity index (χ3n) is 5.14. The Bertz CT molecular complexity index is 1210. The Balaban J connectivity index is 2.30. The van der Waals surface area contributed by atoms with Crippen molar-refractivity contribution in [3.05, 3.63) is 63.9 Å². The third kappa shape index (κ3) is 3.29. The Morgan fingerprint density at radius 2 is 2.00 bits per heavy atom. The lowest BCUT2D eigenvalue weighted by Gasteiger charge is -2.13. The molecule has 1 aliphatic carbocycles. The first kappa shape index (κ1) is 20.7. The molecule has 1 aliphatic rings. The van der Waals surface area contributed by atoms with Crippen LogP contribution in [0.25, 0.3) is 17.2 Å². The van der Waals surface area contributed by atoms with Crippen LogP contribution in [0.3, 0.4) is 0 Å². The van der Waals surface area contributed by atoms with Crippen LogP contribution in [0.4, 0.5) is 5.82 Å². The molecule has 0 atom stereocenters. The molecule has 1 aromatic heterocycles. The average Bonchev–Trinajstić information content (AvgIpc) is 2.96. The molecular formula is C24H22N4O2. The molecule has 0 saturated heterocycles. The molecule has 1 heterocycles. The summed E-state index contributed by atoms with van der Waals surface area (Å²) in [6, 6.07) is 7.92. The van der Waals surface area contributed by atoms with Gasteiger partial charge < -0.3 is 15.6 Å². The second-order valence-electron chi connectivity index (χ2n) is 6.95. The summed E-state index contributed by atoms with van der Waals surface area (Å²) in [7, 11) is 0. The lowest BCUT2D eigenvalue weighted by Crippen LogP contribution is -2.03. The first-order valence-electron chi connectivity index (χ1n) is 9.51. The zero-order valence-electron chi connectivity index (χ0n) is 17.2. The van der Waals surface area contributed by atoms with E-state index in [1.807, 2.05) is 32.9 Å². The molecule has 0 bridgehead atoms. The number of phenols is 1. The minimum Gasteiger partial charge on any atom is -0.504 e.